The second kappa shape index (κ2) is 8.17. The number of rotatable bonds is 7. The monoisotopic (exact) mass is 365 g/mol. The van der Waals surface area contributed by atoms with Gasteiger partial charge in [-0.15, -0.1) is 0 Å². The summed E-state index contributed by atoms with van der Waals surface area (Å²) in [6.07, 6.45) is 3.77. The molecule has 0 fully saturated rings. The zero-order valence-corrected chi connectivity index (χ0v) is 14.8. The van der Waals surface area contributed by atoms with E-state index in [4.69, 9.17) is 0 Å². The van der Waals surface area contributed by atoms with Gasteiger partial charge < -0.3 is 5.32 Å². The summed E-state index contributed by atoms with van der Waals surface area (Å²) in [5.74, 6) is -1.47. The van der Waals surface area contributed by atoms with Crippen LogP contribution in [-0.4, -0.2) is 25.4 Å². The Morgan fingerprint density at radius 1 is 1.24 bits per heavy atom. The lowest BCUT2D eigenvalue weighted by Crippen LogP contribution is -2.32. The number of sulfonamides is 1. The third-order valence-corrected chi connectivity index (χ3v) is 5.25. The average molecular weight is 365 g/mol. The Bertz CT molecular complexity index is 841. The molecule has 2 aromatic rings. The van der Waals surface area contributed by atoms with Crippen LogP contribution < -0.4 is 10.0 Å². The van der Waals surface area contributed by atoms with Crippen LogP contribution in [0.25, 0.3) is 0 Å². The first-order valence-corrected chi connectivity index (χ1v) is 9.30. The van der Waals surface area contributed by atoms with E-state index < -0.39 is 21.7 Å². The molecule has 2 N–H and O–H groups in total. The Hall–Kier alpha value is -2.32. The fourth-order valence-electron chi connectivity index (χ4n) is 2.04. The lowest BCUT2D eigenvalue weighted by molar-refractivity contribution is 0.0946. The second-order valence-electron chi connectivity index (χ2n) is 5.61. The van der Waals surface area contributed by atoms with Crippen molar-refractivity contribution in [3.8, 4) is 0 Å². The molecule has 0 radical (unpaired) electrons. The van der Waals surface area contributed by atoms with Crippen LogP contribution >= 0.6 is 0 Å². The molecule has 0 unspecified atom stereocenters. The molecule has 0 bridgehead atoms. The third-order valence-electron chi connectivity index (χ3n) is 3.66. The van der Waals surface area contributed by atoms with Gasteiger partial charge in [0.1, 0.15) is 5.82 Å². The molecule has 1 atom stereocenters. The number of hydrogen-bond acceptors (Lipinski definition) is 4. The van der Waals surface area contributed by atoms with Crippen molar-refractivity contribution in [2.24, 2.45) is 0 Å². The fourth-order valence-corrected chi connectivity index (χ4v) is 3.39. The van der Waals surface area contributed by atoms with Gasteiger partial charge in [-0.2, -0.15) is 0 Å². The molecule has 8 heteroatoms. The lowest BCUT2D eigenvalue weighted by atomic mass is 10.2. The number of amides is 1. The Morgan fingerprint density at radius 3 is 2.56 bits per heavy atom. The number of hydrogen-bond donors (Lipinski definition) is 2. The van der Waals surface area contributed by atoms with E-state index in [2.05, 4.69) is 15.0 Å². The molecule has 1 amide bonds. The first-order valence-electron chi connectivity index (χ1n) is 7.82. The SMILES string of the molecule is CC[C@@H](C)NS(=O)(=O)c1ccc(F)c(C(=O)NCc2ccncc2)c1. The van der Waals surface area contributed by atoms with Crippen LogP contribution in [0.5, 0.6) is 0 Å². The Kier molecular flexibility index (Phi) is 6.22. The van der Waals surface area contributed by atoms with E-state index in [0.29, 0.717) is 6.42 Å². The normalized spacial score (nSPS) is 12.6. The minimum Gasteiger partial charge on any atom is -0.348 e. The molecule has 1 aromatic carbocycles. The van der Waals surface area contributed by atoms with Gasteiger partial charge in [0, 0.05) is 25.0 Å². The highest BCUT2D eigenvalue weighted by Gasteiger charge is 2.20. The van der Waals surface area contributed by atoms with E-state index in [-0.39, 0.29) is 23.0 Å². The van der Waals surface area contributed by atoms with Crippen molar-refractivity contribution >= 4 is 15.9 Å². The molecule has 1 heterocycles. The molecule has 134 valence electrons. The van der Waals surface area contributed by atoms with Crippen LogP contribution in [0.1, 0.15) is 36.2 Å². The topological polar surface area (TPSA) is 88.2 Å². The van der Waals surface area contributed by atoms with Crippen LogP contribution in [0.4, 0.5) is 4.39 Å². The molecule has 0 aliphatic rings. The largest absolute Gasteiger partial charge is 0.348 e. The van der Waals surface area contributed by atoms with Gasteiger partial charge in [-0.05, 0) is 49.2 Å². The Labute approximate surface area is 146 Å². The van der Waals surface area contributed by atoms with Gasteiger partial charge in [0.25, 0.3) is 5.91 Å². The molecular weight excluding hydrogens is 345 g/mol. The van der Waals surface area contributed by atoms with Crippen molar-refractivity contribution in [1.82, 2.24) is 15.0 Å². The summed E-state index contributed by atoms with van der Waals surface area (Å²) in [5, 5.41) is 2.56. The van der Waals surface area contributed by atoms with Gasteiger partial charge in [0.2, 0.25) is 10.0 Å². The molecule has 0 saturated heterocycles. The van der Waals surface area contributed by atoms with E-state index in [9.17, 15) is 17.6 Å². The fraction of sp³-hybridized carbons (Fsp3) is 0.294. The molecule has 2 rings (SSSR count). The summed E-state index contributed by atoms with van der Waals surface area (Å²) in [5.41, 5.74) is 0.479. The van der Waals surface area contributed by atoms with Crippen LogP contribution in [0.15, 0.2) is 47.6 Å². The lowest BCUT2D eigenvalue weighted by Gasteiger charge is -2.13. The van der Waals surface area contributed by atoms with E-state index in [0.717, 1.165) is 23.8 Å². The van der Waals surface area contributed by atoms with Crippen molar-refractivity contribution in [3.63, 3.8) is 0 Å². The predicted molar refractivity (Wildman–Crippen MR) is 91.9 cm³/mol. The predicted octanol–water partition coefficient (Wildman–Crippen LogP) is 2.23. The minimum atomic E-state index is -3.82. The molecule has 6 nitrogen and oxygen atoms in total. The molecule has 1 aromatic heterocycles. The summed E-state index contributed by atoms with van der Waals surface area (Å²) in [7, 11) is -3.82. The highest BCUT2D eigenvalue weighted by molar-refractivity contribution is 7.89. The number of benzene rings is 1. The third kappa shape index (κ3) is 5.07. The van der Waals surface area contributed by atoms with Gasteiger partial charge in [0.15, 0.2) is 0 Å². The summed E-state index contributed by atoms with van der Waals surface area (Å²) in [6.45, 7) is 3.75. The summed E-state index contributed by atoms with van der Waals surface area (Å²) in [6, 6.07) is 6.33. The Balaban J connectivity index is 2.19. The van der Waals surface area contributed by atoms with E-state index in [1.165, 1.54) is 0 Å². The number of halogens is 1. The average Bonchev–Trinajstić information content (AvgIpc) is 2.60. The van der Waals surface area contributed by atoms with Gasteiger partial charge in [-0.1, -0.05) is 6.92 Å². The zero-order chi connectivity index (χ0) is 18.4. The molecular formula is C17H20FN3O3S. The Morgan fingerprint density at radius 2 is 1.92 bits per heavy atom. The van der Waals surface area contributed by atoms with Crippen LogP contribution in [-0.2, 0) is 16.6 Å². The van der Waals surface area contributed by atoms with E-state index in [1.54, 1.807) is 31.5 Å². The summed E-state index contributed by atoms with van der Waals surface area (Å²) in [4.78, 5) is 15.9. The zero-order valence-electron chi connectivity index (χ0n) is 14.0. The standard InChI is InChI=1S/C17H20FN3O3S/c1-3-12(2)21-25(23,24)14-4-5-16(18)15(10-14)17(22)20-11-13-6-8-19-9-7-13/h4-10,12,21H,3,11H2,1-2H3,(H,20,22)/t12-/m1/s1. The van der Waals surface area contributed by atoms with Gasteiger partial charge in [-0.25, -0.2) is 17.5 Å². The summed E-state index contributed by atoms with van der Waals surface area (Å²) >= 11 is 0. The molecule has 0 aliphatic carbocycles. The van der Waals surface area contributed by atoms with E-state index in [1.807, 2.05) is 6.92 Å². The van der Waals surface area contributed by atoms with Gasteiger partial charge >= 0.3 is 0 Å². The highest BCUT2D eigenvalue weighted by Crippen LogP contribution is 2.16. The van der Waals surface area contributed by atoms with Crippen molar-refractivity contribution < 1.29 is 17.6 Å². The number of aromatic nitrogens is 1. The first kappa shape index (κ1) is 19.0. The van der Waals surface area contributed by atoms with Crippen molar-refractivity contribution in [3.05, 3.63) is 59.7 Å². The van der Waals surface area contributed by atoms with Crippen LogP contribution in [0.3, 0.4) is 0 Å². The van der Waals surface area contributed by atoms with Crippen molar-refractivity contribution in [2.75, 3.05) is 0 Å². The number of carbonyl (C=O) groups excluding carboxylic acids is 1. The number of pyridine rings is 1. The molecule has 0 saturated carbocycles. The molecule has 25 heavy (non-hydrogen) atoms. The number of carbonyl (C=O) groups is 1. The minimum absolute atomic E-state index is 0.150. The maximum Gasteiger partial charge on any atom is 0.254 e. The molecule has 0 aliphatic heterocycles. The first-order chi connectivity index (χ1) is 11.8. The summed E-state index contributed by atoms with van der Waals surface area (Å²) < 4.78 is 41.0. The van der Waals surface area contributed by atoms with Gasteiger partial charge in [0.05, 0.1) is 10.5 Å². The van der Waals surface area contributed by atoms with Crippen molar-refractivity contribution in [2.45, 2.75) is 37.8 Å². The van der Waals surface area contributed by atoms with Crippen molar-refractivity contribution in [1.29, 1.82) is 0 Å². The highest BCUT2D eigenvalue weighted by atomic mass is 32.2. The van der Waals surface area contributed by atoms with Crippen LogP contribution in [0, 0.1) is 5.82 Å². The quantitative estimate of drug-likeness (QED) is 0.788. The van der Waals surface area contributed by atoms with E-state index >= 15 is 0 Å². The van der Waals surface area contributed by atoms with Crippen LogP contribution in [0.2, 0.25) is 0 Å². The number of nitrogens with one attached hydrogen (secondary N) is 2. The maximum atomic E-state index is 14.0. The molecule has 0 spiro atoms. The van der Waals surface area contributed by atoms with Gasteiger partial charge in [-0.3, -0.25) is 9.78 Å². The second-order valence-corrected chi connectivity index (χ2v) is 7.32. The number of nitrogens with zero attached hydrogens (tertiary/aromatic N) is 1. The smallest absolute Gasteiger partial charge is 0.254 e. The maximum absolute atomic E-state index is 14.0.